The van der Waals surface area contributed by atoms with Crippen molar-refractivity contribution in [1.82, 2.24) is 0 Å². The summed E-state index contributed by atoms with van der Waals surface area (Å²) in [5, 5.41) is 12.0. The van der Waals surface area contributed by atoms with Crippen LogP contribution in [0.5, 0.6) is 0 Å². The minimum atomic E-state index is 0.226. The van der Waals surface area contributed by atoms with Crippen LogP contribution in [0.4, 0.5) is 5.69 Å². The van der Waals surface area contributed by atoms with E-state index < -0.39 is 0 Å². The summed E-state index contributed by atoms with van der Waals surface area (Å²) in [7, 11) is 0. The molecule has 1 heterocycles. The molecule has 1 aromatic heterocycles. The number of rotatable bonds is 4. The van der Waals surface area contributed by atoms with Crippen molar-refractivity contribution < 1.29 is 0 Å². The highest BCUT2D eigenvalue weighted by Crippen LogP contribution is 2.28. The molecule has 1 aromatic carbocycles. The molecule has 0 saturated carbocycles. The van der Waals surface area contributed by atoms with Crippen molar-refractivity contribution in [3.05, 3.63) is 51.2 Å². The molecule has 2 rings (SSSR count). The van der Waals surface area contributed by atoms with Crippen LogP contribution in [0.3, 0.4) is 0 Å². The molecule has 1 N–H and O–H groups in total. The molecule has 92 valence electrons. The minimum Gasteiger partial charge on any atom is -0.378 e. The molecule has 0 spiro atoms. The molecule has 2 aromatic rings. The van der Waals surface area contributed by atoms with Crippen molar-refractivity contribution in [3.63, 3.8) is 0 Å². The number of halogens is 1. The van der Waals surface area contributed by atoms with Gasteiger partial charge in [-0.1, -0.05) is 23.7 Å². The van der Waals surface area contributed by atoms with E-state index in [0.717, 1.165) is 15.6 Å². The van der Waals surface area contributed by atoms with E-state index >= 15 is 0 Å². The van der Waals surface area contributed by atoms with E-state index in [1.54, 1.807) is 11.3 Å². The number of nitrogens with one attached hydrogen (secondary N) is 1. The third kappa shape index (κ3) is 3.25. The molecule has 0 aliphatic carbocycles. The highest BCUT2D eigenvalue weighted by molar-refractivity contribution is 7.16. The van der Waals surface area contributed by atoms with Gasteiger partial charge < -0.3 is 5.32 Å². The Morgan fingerprint density at radius 3 is 2.56 bits per heavy atom. The van der Waals surface area contributed by atoms with Crippen LogP contribution < -0.4 is 5.32 Å². The average Bonchev–Trinajstić information content (AvgIpc) is 2.79. The van der Waals surface area contributed by atoms with Crippen molar-refractivity contribution in [2.24, 2.45) is 0 Å². The minimum absolute atomic E-state index is 0.226. The first-order valence-corrected chi connectivity index (χ1v) is 6.86. The maximum absolute atomic E-state index is 8.61. The highest BCUT2D eigenvalue weighted by atomic mass is 35.5. The fourth-order valence-corrected chi connectivity index (χ4v) is 2.76. The Balaban J connectivity index is 2.03. The predicted octanol–water partition coefficient (Wildman–Crippen LogP) is 4.64. The molecule has 0 amide bonds. The lowest BCUT2D eigenvalue weighted by atomic mass is 10.1. The third-order valence-electron chi connectivity index (χ3n) is 2.64. The van der Waals surface area contributed by atoms with Crippen molar-refractivity contribution in [1.29, 1.82) is 5.26 Å². The summed E-state index contributed by atoms with van der Waals surface area (Å²) < 4.78 is 0.808. The summed E-state index contributed by atoms with van der Waals surface area (Å²) in [6.45, 7) is 2.10. The van der Waals surface area contributed by atoms with E-state index in [-0.39, 0.29) is 6.04 Å². The largest absolute Gasteiger partial charge is 0.378 e. The van der Waals surface area contributed by atoms with Gasteiger partial charge in [0.25, 0.3) is 0 Å². The van der Waals surface area contributed by atoms with Gasteiger partial charge in [-0.2, -0.15) is 5.26 Å². The monoisotopic (exact) mass is 276 g/mol. The molecular weight excluding hydrogens is 264 g/mol. The number of benzene rings is 1. The van der Waals surface area contributed by atoms with Crippen LogP contribution in [-0.4, -0.2) is 0 Å². The third-order valence-corrected chi connectivity index (χ3v) is 4.05. The molecule has 0 saturated heterocycles. The Morgan fingerprint density at radius 2 is 2.00 bits per heavy atom. The number of nitrogens with zero attached hydrogens (tertiary/aromatic N) is 1. The van der Waals surface area contributed by atoms with Gasteiger partial charge in [0, 0.05) is 10.6 Å². The summed E-state index contributed by atoms with van der Waals surface area (Å²) in [6, 6.07) is 14.3. The van der Waals surface area contributed by atoms with E-state index in [4.69, 9.17) is 16.9 Å². The standard InChI is InChI=1S/C14H13ClN2S/c1-10(13-6-7-14(15)18-13)17-12-4-2-11(3-5-12)8-9-16/h2-7,10,17H,8H2,1H3. The van der Waals surface area contributed by atoms with Crippen molar-refractivity contribution in [2.75, 3.05) is 5.32 Å². The average molecular weight is 277 g/mol. The number of anilines is 1. The summed E-state index contributed by atoms with van der Waals surface area (Å²) in [5.41, 5.74) is 2.09. The summed E-state index contributed by atoms with van der Waals surface area (Å²) in [6.07, 6.45) is 0.455. The second-order valence-corrected chi connectivity index (χ2v) is 5.79. The molecule has 0 aliphatic heterocycles. The maximum Gasteiger partial charge on any atom is 0.0932 e. The Labute approximate surface area is 116 Å². The Hall–Kier alpha value is -1.50. The number of nitriles is 1. The molecule has 1 atom stereocenters. The van der Waals surface area contributed by atoms with Crippen LogP contribution in [0.2, 0.25) is 4.34 Å². The molecule has 1 unspecified atom stereocenters. The summed E-state index contributed by atoms with van der Waals surface area (Å²) >= 11 is 7.51. The zero-order valence-corrected chi connectivity index (χ0v) is 11.6. The van der Waals surface area contributed by atoms with Crippen molar-refractivity contribution >= 4 is 28.6 Å². The molecular formula is C14H13ClN2S. The molecule has 2 nitrogen and oxygen atoms in total. The molecule has 0 fully saturated rings. The maximum atomic E-state index is 8.61. The van der Waals surface area contributed by atoms with Gasteiger partial charge in [-0.05, 0) is 36.8 Å². The van der Waals surface area contributed by atoms with Gasteiger partial charge in [0.1, 0.15) is 0 Å². The second kappa shape index (κ2) is 5.90. The van der Waals surface area contributed by atoms with Crippen LogP contribution in [0.15, 0.2) is 36.4 Å². The van der Waals surface area contributed by atoms with Gasteiger partial charge in [-0.25, -0.2) is 0 Å². The zero-order chi connectivity index (χ0) is 13.0. The Morgan fingerprint density at radius 1 is 1.28 bits per heavy atom. The summed E-state index contributed by atoms with van der Waals surface area (Å²) in [5.74, 6) is 0. The van der Waals surface area contributed by atoms with E-state index in [1.807, 2.05) is 36.4 Å². The number of thiophene rings is 1. The number of hydrogen-bond donors (Lipinski definition) is 1. The first kappa shape index (κ1) is 12.9. The van der Waals surface area contributed by atoms with E-state index in [0.29, 0.717) is 6.42 Å². The lowest BCUT2D eigenvalue weighted by molar-refractivity contribution is 0.908. The highest BCUT2D eigenvalue weighted by Gasteiger charge is 2.07. The second-order valence-electron chi connectivity index (χ2n) is 4.04. The normalized spacial score (nSPS) is 11.8. The van der Waals surface area contributed by atoms with Crippen LogP contribution in [0, 0.1) is 11.3 Å². The van der Waals surface area contributed by atoms with E-state index in [9.17, 15) is 0 Å². The van der Waals surface area contributed by atoms with Crippen LogP contribution in [-0.2, 0) is 6.42 Å². The van der Waals surface area contributed by atoms with E-state index in [2.05, 4.69) is 18.3 Å². The fourth-order valence-electron chi connectivity index (χ4n) is 1.69. The molecule has 18 heavy (non-hydrogen) atoms. The van der Waals surface area contributed by atoms with Gasteiger partial charge in [0.15, 0.2) is 0 Å². The van der Waals surface area contributed by atoms with Gasteiger partial charge in [-0.15, -0.1) is 11.3 Å². The Kier molecular flexibility index (Phi) is 4.24. The molecule has 4 heteroatoms. The zero-order valence-electron chi connectivity index (χ0n) is 9.98. The van der Waals surface area contributed by atoms with Gasteiger partial charge in [-0.3, -0.25) is 0 Å². The van der Waals surface area contributed by atoms with Crippen LogP contribution >= 0.6 is 22.9 Å². The predicted molar refractivity (Wildman–Crippen MR) is 77.1 cm³/mol. The fraction of sp³-hybridized carbons (Fsp3) is 0.214. The van der Waals surface area contributed by atoms with Crippen LogP contribution in [0.1, 0.15) is 23.4 Å². The SMILES string of the molecule is CC(Nc1ccc(CC#N)cc1)c1ccc(Cl)s1. The Bertz CT molecular complexity index is 554. The van der Waals surface area contributed by atoms with Crippen LogP contribution in [0.25, 0.3) is 0 Å². The lowest BCUT2D eigenvalue weighted by Gasteiger charge is -2.13. The quantitative estimate of drug-likeness (QED) is 0.883. The first-order chi connectivity index (χ1) is 8.69. The topological polar surface area (TPSA) is 35.8 Å². The van der Waals surface area contributed by atoms with Crippen molar-refractivity contribution in [3.8, 4) is 6.07 Å². The van der Waals surface area contributed by atoms with Gasteiger partial charge >= 0.3 is 0 Å². The van der Waals surface area contributed by atoms with Gasteiger partial charge in [0.05, 0.1) is 22.9 Å². The van der Waals surface area contributed by atoms with E-state index in [1.165, 1.54) is 4.88 Å². The number of hydrogen-bond acceptors (Lipinski definition) is 3. The smallest absolute Gasteiger partial charge is 0.0932 e. The molecule has 0 bridgehead atoms. The molecule has 0 radical (unpaired) electrons. The lowest BCUT2D eigenvalue weighted by Crippen LogP contribution is -2.04. The first-order valence-electron chi connectivity index (χ1n) is 5.66. The van der Waals surface area contributed by atoms with Crippen molar-refractivity contribution in [2.45, 2.75) is 19.4 Å². The van der Waals surface area contributed by atoms with Gasteiger partial charge in [0.2, 0.25) is 0 Å². The summed E-state index contributed by atoms with van der Waals surface area (Å²) in [4.78, 5) is 1.21. The molecule has 0 aliphatic rings.